The highest BCUT2D eigenvalue weighted by atomic mass is 32.1. The van der Waals surface area contributed by atoms with E-state index in [1.807, 2.05) is 23.4 Å². The van der Waals surface area contributed by atoms with Gasteiger partial charge in [0, 0.05) is 30.4 Å². The van der Waals surface area contributed by atoms with Crippen molar-refractivity contribution in [3.05, 3.63) is 41.0 Å². The van der Waals surface area contributed by atoms with Gasteiger partial charge in [0.1, 0.15) is 10.3 Å². The number of hydrogen-bond donors (Lipinski definition) is 1. The average Bonchev–Trinajstić information content (AvgIpc) is 3.16. The van der Waals surface area contributed by atoms with Crippen LogP contribution in [0.3, 0.4) is 0 Å². The Morgan fingerprint density at radius 3 is 2.95 bits per heavy atom. The van der Waals surface area contributed by atoms with E-state index in [9.17, 15) is 0 Å². The lowest BCUT2D eigenvalue weighted by molar-refractivity contribution is 0.543. The number of fused-ring (bicyclic) bond motifs is 3. The molecule has 3 heterocycles. The van der Waals surface area contributed by atoms with Crippen molar-refractivity contribution in [3.63, 3.8) is 0 Å². The molecule has 0 amide bonds. The number of nitrogens with zero attached hydrogens (tertiary/aromatic N) is 4. The topological polar surface area (TPSA) is 59.5 Å². The molecule has 3 aromatic rings. The summed E-state index contributed by atoms with van der Waals surface area (Å²) in [5, 5.41) is 9.66. The third-order valence-corrected chi connectivity index (χ3v) is 5.57. The van der Waals surface area contributed by atoms with Crippen LogP contribution in [0.4, 0.5) is 0 Å². The molecule has 114 valence electrons. The van der Waals surface area contributed by atoms with Gasteiger partial charge in [-0.15, -0.1) is 11.3 Å². The SMILES string of the molecule is N=c1c2c3c(sc2ncn1CCCn1ccnc1)CCCC3. The predicted molar refractivity (Wildman–Crippen MR) is 87.0 cm³/mol. The van der Waals surface area contributed by atoms with Crippen molar-refractivity contribution in [1.29, 1.82) is 5.41 Å². The van der Waals surface area contributed by atoms with Crippen LogP contribution in [0, 0.1) is 5.41 Å². The van der Waals surface area contributed by atoms with E-state index in [0.717, 1.165) is 42.6 Å². The average molecular weight is 313 g/mol. The second-order valence-corrected chi connectivity index (χ2v) is 6.92. The Morgan fingerprint density at radius 2 is 2.09 bits per heavy atom. The molecule has 0 radical (unpaired) electrons. The van der Waals surface area contributed by atoms with E-state index < -0.39 is 0 Å². The van der Waals surface area contributed by atoms with Gasteiger partial charge in [-0.1, -0.05) is 0 Å². The molecule has 6 heteroatoms. The smallest absolute Gasteiger partial charge is 0.136 e. The molecule has 0 fully saturated rings. The lowest BCUT2D eigenvalue weighted by Crippen LogP contribution is -2.22. The second-order valence-electron chi connectivity index (χ2n) is 5.83. The molecule has 0 spiro atoms. The van der Waals surface area contributed by atoms with Gasteiger partial charge in [0.05, 0.1) is 18.0 Å². The molecule has 0 atom stereocenters. The number of aryl methyl sites for hydroxylation is 4. The van der Waals surface area contributed by atoms with Crippen LogP contribution in [0.15, 0.2) is 25.0 Å². The quantitative estimate of drug-likeness (QED) is 0.805. The van der Waals surface area contributed by atoms with E-state index >= 15 is 0 Å². The number of hydrogen-bond acceptors (Lipinski definition) is 4. The van der Waals surface area contributed by atoms with Crippen molar-refractivity contribution in [2.45, 2.75) is 45.2 Å². The van der Waals surface area contributed by atoms with Crippen LogP contribution in [0.5, 0.6) is 0 Å². The van der Waals surface area contributed by atoms with Gasteiger partial charge in [-0.05, 0) is 37.7 Å². The Kier molecular flexibility index (Phi) is 3.54. The van der Waals surface area contributed by atoms with Gasteiger partial charge in [0.2, 0.25) is 0 Å². The maximum absolute atomic E-state index is 8.56. The number of rotatable bonds is 4. The molecule has 5 nitrogen and oxygen atoms in total. The maximum atomic E-state index is 8.56. The van der Waals surface area contributed by atoms with Crippen LogP contribution in [-0.4, -0.2) is 19.1 Å². The highest BCUT2D eigenvalue weighted by Gasteiger charge is 2.18. The molecule has 0 aromatic carbocycles. The molecule has 1 aliphatic carbocycles. The van der Waals surface area contributed by atoms with E-state index in [2.05, 4.69) is 14.5 Å². The summed E-state index contributed by atoms with van der Waals surface area (Å²) in [4.78, 5) is 11.2. The van der Waals surface area contributed by atoms with Gasteiger partial charge in [0.25, 0.3) is 0 Å². The van der Waals surface area contributed by atoms with Crippen molar-refractivity contribution in [2.75, 3.05) is 0 Å². The first-order valence-corrected chi connectivity index (χ1v) is 8.64. The monoisotopic (exact) mass is 313 g/mol. The zero-order valence-corrected chi connectivity index (χ0v) is 13.3. The van der Waals surface area contributed by atoms with Crippen LogP contribution < -0.4 is 5.49 Å². The predicted octanol–water partition coefficient (Wildman–Crippen LogP) is 2.74. The first-order chi connectivity index (χ1) is 10.8. The van der Waals surface area contributed by atoms with Gasteiger partial charge < -0.3 is 9.13 Å². The molecule has 1 N–H and O–H groups in total. The van der Waals surface area contributed by atoms with Crippen molar-refractivity contribution in [2.24, 2.45) is 0 Å². The number of thiophene rings is 1. The minimum Gasteiger partial charge on any atom is -0.337 e. The summed E-state index contributed by atoms with van der Waals surface area (Å²) in [6, 6.07) is 0. The van der Waals surface area contributed by atoms with Gasteiger partial charge in [0.15, 0.2) is 0 Å². The lowest BCUT2D eigenvalue weighted by Gasteiger charge is -2.11. The fourth-order valence-electron chi connectivity index (χ4n) is 3.22. The van der Waals surface area contributed by atoms with E-state index in [1.54, 1.807) is 17.5 Å². The molecule has 0 aliphatic heterocycles. The molecular weight excluding hydrogens is 294 g/mol. The van der Waals surface area contributed by atoms with Gasteiger partial charge in [-0.2, -0.15) is 0 Å². The summed E-state index contributed by atoms with van der Waals surface area (Å²) >= 11 is 1.79. The first kappa shape index (κ1) is 13.7. The lowest BCUT2D eigenvalue weighted by atomic mass is 9.97. The molecule has 1 aliphatic rings. The highest BCUT2D eigenvalue weighted by molar-refractivity contribution is 7.18. The van der Waals surface area contributed by atoms with E-state index in [-0.39, 0.29) is 0 Å². The molecule has 3 aromatic heterocycles. The summed E-state index contributed by atoms with van der Waals surface area (Å²) in [7, 11) is 0. The Morgan fingerprint density at radius 1 is 1.18 bits per heavy atom. The minimum atomic E-state index is 0.634. The standard InChI is InChI=1S/C16H19N5S/c17-15-14-12-4-1-2-5-13(12)22-16(14)19-11-21(15)8-3-7-20-9-6-18-10-20/h6,9-11,17H,1-5,7-8H2. The molecule has 0 saturated heterocycles. The summed E-state index contributed by atoms with van der Waals surface area (Å²) in [5.74, 6) is 0. The van der Waals surface area contributed by atoms with Crippen LogP contribution in [0.2, 0.25) is 0 Å². The van der Waals surface area contributed by atoms with E-state index in [1.165, 1.54) is 23.3 Å². The zero-order valence-electron chi connectivity index (χ0n) is 12.5. The van der Waals surface area contributed by atoms with Gasteiger partial charge >= 0.3 is 0 Å². The largest absolute Gasteiger partial charge is 0.337 e. The third kappa shape index (κ3) is 2.37. The highest BCUT2D eigenvalue weighted by Crippen LogP contribution is 2.33. The Hall–Kier alpha value is -1.95. The number of nitrogens with one attached hydrogen (secondary N) is 1. The van der Waals surface area contributed by atoms with Crippen molar-refractivity contribution in [1.82, 2.24) is 19.1 Å². The number of imidazole rings is 1. The van der Waals surface area contributed by atoms with Crippen molar-refractivity contribution < 1.29 is 0 Å². The molecule has 4 rings (SSSR count). The Bertz CT molecular complexity index is 843. The summed E-state index contributed by atoms with van der Waals surface area (Å²) < 4.78 is 4.06. The summed E-state index contributed by atoms with van der Waals surface area (Å²) in [5.41, 5.74) is 2.03. The first-order valence-electron chi connectivity index (χ1n) is 7.83. The minimum absolute atomic E-state index is 0.634. The number of aromatic nitrogens is 4. The van der Waals surface area contributed by atoms with E-state index in [4.69, 9.17) is 5.41 Å². The van der Waals surface area contributed by atoms with Crippen LogP contribution in [-0.2, 0) is 25.9 Å². The van der Waals surface area contributed by atoms with Crippen molar-refractivity contribution in [3.8, 4) is 0 Å². The third-order valence-electron chi connectivity index (χ3n) is 4.37. The molecule has 0 bridgehead atoms. The van der Waals surface area contributed by atoms with Gasteiger partial charge in [-0.3, -0.25) is 5.41 Å². The fourth-order valence-corrected chi connectivity index (χ4v) is 4.45. The normalized spacial score (nSPS) is 14.4. The van der Waals surface area contributed by atoms with E-state index in [0.29, 0.717) is 5.49 Å². The maximum Gasteiger partial charge on any atom is 0.136 e. The Labute approximate surface area is 132 Å². The van der Waals surface area contributed by atoms with Gasteiger partial charge in [-0.25, -0.2) is 9.97 Å². The van der Waals surface area contributed by atoms with Crippen LogP contribution in [0.1, 0.15) is 29.7 Å². The molecule has 0 unspecified atom stereocenters. The van der Waals surface area contributed by atoms with Crippen LogP contribution >= 0.6 is 11.3 Å². The summed E-state index contributed by atoms with van der Waals surface area (Å²) in [6.45, 7) is 1.75. The molecule has 22 heavy (non-hydrogen) atoms. The van der Waals surface area contributed by atoms with Crippen molar-refractivity contribution >= 4 is 21.6 Å². The molecule has 0 saturated carbocycles. The van der Waals surface area contributed by atoms with Crippen LogP contribution in [0.25, 0.3) is 10.2 Å². The summed E-state index contributed by atoms with van der Waals surface area (Å²) in [6.07, 6.45) is 13.2. The molecular formula is C16H19N5S. The zero-order chi connectivity index (χ0) is 14.9. The fraction of sp³-hybridized carbons (Fsp3) is 0.438. The Balaban J connectivity index is 1.61. The second kappa shape index (κ2) is 5.68.